The van der Waals surface area contributed by atoms with E-state index in [2.05, 4.69) is 4.72 Å². The molecule has 150 valence electrons. The van der Waals surface area contributed by atoms with Crippen molar-refractivity contribution in [3.8, 4) is 0 Å². The van der Waals surface area contributed by atoms with E-state index in [1.165, 1.54) is 0 Å². The van der Waals surface area contributed by atoms with Crippen LogP contribution in [0.1, 0.15) is 11.1 Å². The third kappa shape index (κ3) is 6.22. The second kappa shape index (κ2) is 9.78. The van der Waals surface area contributed by atoms with Gasteiger partial charge in [-0.2, -0.15) is 0 Å². The summed E-state index contributed by atoms with van der Waals surface area (Å²) in [6, 6.07) is 24.7. The summed E-state index contributed by atoms with van der Waals surface area (Å²) < 4.78 is 41.1. The number of sulfonamides is 1. The summed E-state index contributed by atoms with van der Waals surface area (Å²) >= 11 is 0. The van der Waals surface area contributed by atoms with E-state index in [0.29, 0.717) is 4.90 Å². The Kier molecular flexibility index (Phi) is 7.14. The van der Waals surface area contributed by atoms with Crippen LogP contribution in [0.5, 0.6) is 0 Å². The molecule has 4 nitrogen and oxygen atoms in total. The second-order valence-corrected chi connectivity index (χ2v) is 9.85. The van der Waals surface area contributed by atoms with Crippen LogP contribution in [0.25, 0.3) is 6.08 Å². The smallest absolute Gasteiger partial charge is 0.241 e. The predicted octanol–water partition coefficient (Wildman–Crippen LogP) is 4.16. The zero-order valence-corrected chi connectivity index (χ0v) is 17.7. The first kappa shape index (κ1) is 21.2. The van der Waals surface area contributed by atoms with Gasteiger partial charge in [-0.15, -0.1) is 0 Å². The molecule has 0 aliphatic rings. The quantitative estimate of drug-likeness (QED) is 0.589. The van der Waals surface area contributed by atoms with Gasteiger partial charge in [0, 0.05) is 10.6 Å². The minimum absolute atomic E-state index is 0.137. The molecule has 1 unspecified atom stereocenters. The summed E-state index contributed by atoms with van der Waals surface area (Å²) in [6.07, 6.45) is 3.59. The standard InChI is InChI=1S/C23H23NO3S2/c1-19-12-16-23(17-13-19)29(26,27)24-21(15-14-20-8-4-2-5-9-20)18-28(25)22-10-6-3-7-11-22/h2-17,21,24H,18H2,1H3/b15-14-/t21-,28?/m1/s1. The highest BCUT2D eigenvalue weighted by molar-refractivity contribution is 7.89. The Labute approximate surface area is 174 Å². The van der Waals surface area contributed by atoms with E-state index in [4.69, 9.17) is 0 Å². The van der Waals surface area contributed by atoms with Gasteiger partial charge in [-0.3, -0.25) is 4.21 Å². The van der Waals surface area contributed by atoms with Crippen LogP contribution in [0, 0.1) is 6.92 Å². The number of benzene rings is 3. The van der Waals surface area contributed by atoms with Crippen molar-refractivity contribution < 1.29 is 12.6 Å². The molecule has 0 spiro atoms. The molecule has 0 aliphatic carbocycles. The van der Waals surface area contributed by atoms with Crippen LogP contribution in [-0.4, -0.2) is 24.4 Å². The van der Waals surface area contributed by atoms with Crippen LogP contribution in [0.4, 0.5) is 0 Å². The Morgan fingerprint density at radius 2 is 1.48 bits per heavy atom. The minimum atomic E-state index is -3.74. The molecule has 1 N–H and O–H groups in total. The highest BCUT2D eigenvalue weighted by Gasteiger charge is 2.20. The van der Waals surface area contributed by atoms with E-state index in [9.17, 15) is 12.6 Å². The molecule has 3 aromatic carbocycles. The van der Waals surface area contributed by atoms with Gasteiger partial charge in [0.25, 0.3) is 0 Å². The summed E-state index contributed by atoms with van der Waals surface area (Å²) in [5, 5.41) is 0. The molecule has 0 bridgehead atoms. The maximum absolute atomic E-state index is 12.8. The molecule has 0 aromatic heterocycles. The zero-order valence-electron chi connectivity index (χ0n) is 16.1. The molecule has 2 atom stereocenters. The molecule has 29 heavy (non-hydrogen) atoms. The largest absolute Gasteiger partial charge is 0.254 e. The molecule has 0 heterocycles. The number of hydrogen-bond donors (Lipinski definition) is 1. The molecule has 0 amide bonds. The first-order valence-corrected chi connectivity index (χ1v) is 12.0. The lowest BCUT2D eigenvalue weighted by molar-refractivity contribution is 0.576. The lowest BCUT2D eigenvalue weighted by Gasteiger charge is -2.16. The van der Waals surface area contributed by atoms with Crippen molar-refractivity contribution in [2.45, 2.75) is 22.8 Å². The van der Waals surface area contributed by atoms with Crippen LogP contribution in [-0.2, 0) is 20.8 Å². The van der Waals surface area contributed by atoms with Gasteiger partial charge in [-0.1, -0.05) is 78.4 Å². The van der Waals surface area contributed by atoms with Gasteiger partial charge in [0.1, 0.15) is 0 Å². The Morgan fingerprint density at radius 1 is 0.897 bits per heavy atom. The zero-order chi connectivity index (χ0) is 20.7. The van der Waals surface area contributed by atoms with E-state index in [1.807, 2.05) is 61.5 Å². The van der Waals surface area contributed by atoms with Gasteiger partial charge >= 0.3 is 0 Å². The summed E-state index contributed by atoms with van der Waals surface area (Å²) in [7, 11) is -5.09. The number of aryl methyl sites for hydroxylation is 1. The molecule has 0 saturated carbocycles. The average molecular weight is 426 g/mol. The number of hydrogen-bond acceptors (Lipinski definition) is 3. The summed E-state index contributed by atoms with van der Waals surface area (Å²) in [4.78, 5) is 0.854. The third-order valence-corrected chi connectivity index (χ3v) is 7.26. The van der Waals surface area contributed by atoms with Crippen molar-refractivity contribution in [3.05, 3.63) is 102 Å². The molecule has 0 aliphatic heterocycles. The van der Waals surface area contributed by atoms with Crippen LogP contribution in [0.15, 0.2) is 101 Å². The van der Waals surface area contributed by atoms with E-state index in [-0.39, 0.29) is 10.6 Å². The highest BCUT2D eigenvalue weighted by Crippen LogP contribution is 2.14. The predicted molar refractivity (Wildman–Crippen MR) is 118 cm³/mol. The van der Waals surface area contributed by atoms with Crippen LogP contribution >= 0.6 is 0 Å². The van der Waals surface area contributed by atoms with Crippen molar-refractivity contribution in [2.24, 2.45) is 0 Å². The van der Waals surface area contributed by atoms with E-state index in [0.717, 1.165) is 11.1 Å². The summed E-state index contributed by atoms with van der Waals surface area (Å²) in [5.74, 6) is 0.137. The average Bonchev–Trinajstić information content (AvgIpc) is 2.73. The fourth-order valence-electron chi connectivity index (χ4n) is 2.74. The summed E-state index contributed by atoms with van der Waals surface area (Å²) in [6.45, 7) is 1.90. The number of nitrogens with one attached hydrogen (secondary N) is 1. The Balaban J connectivity index is 1.84. The topological polar surface area (TPSA) is 63.2 Å². The maximum atomic E-state index is 12.8. The summed E-state index contributed by atoms with van der Waals surface area (Å²) in [5.41, 5.74) is 1.92. The molecular formula is C23H23NO3S2. The van der Waals surface area contributed by atoms with Crippen LogP contribution < -0.4 is 4.72 Å². The molecular weight excluding hydrogens is 402 g/mol. The van der Waals surface area contributed by atoms with Gasteiger partial charge in [-0.05, 0) is 36.8 Å². The molecule has 3 aromatic rings. The fraction of sp³-hybridized carbons (Fsp3) is 0.130. The van der Waals surface area contributed by atoms with Crippen molar-refractivity contribution in [3.63, 3.8) is 0 Å². The Hall–Kier alpha value is -2.54. The van der Waals surface area contributed by atoms with Crippen molar-refractivity contribution >= 4 is 26.9 Å². The van der Waals surface area contributed by atoms with Gasteiger partial charge < -0.3 is 0 Å². The second-order valence-electron chi connectivity index (χ2n) is 6.64. The number of rotatable bonds is 8. The lowest BCUT2D eigenvalue weighted by Crippen LogP contribution is -2.37. The Morgan fingerprint density at radius 3 is 2.10 bits per heavy atom. The van der Waals surface area contributed by atoms with Gasteiger partial charge in [0.15, 0.2) is 0 Å². The minimum Gasteiger partial charge on any atom is -0.254 e. The van der Waals surface area contributed by atoms with Crippen LogP contribution in [0.2, 0.25) is 0 Å². The van der Waals surface area contributed by atoms with Gasteiger partial charge in [-0.25, -0.2) is 13.1 Å². The first-order valence-electron chi connectivity index (χ1n) is 9.20. The van der Waals surface area contributed by atoms with E-state index in [1.54, 1.807) is 42.5 Å². The van der Waals surface area contributed by atoms with Crippen molar-refractivity contribution in [1.82, 2.24) is 4.72 Å². The van der Waals surface area contributed by atoms with Crippen LogP contribution in [0.3, 0.4) is 0 Å². The van der Waals surface area contributed by atoms with E-state index < -0.39 is 26.9 Å². The molecule has 6 heteroatoms. The van der Waals surface area contributed by atoms with E-state index >= 15 is 0 Å². The fourth-order valence-corrected chi connectivity index (χ4v) is 5.21. The van der Waals surface area contributed by atoms with Crippen molar-refractivity contribution in [1.29, 1.82) is 0 Å². The lowest BCUT2D eigenvalue weighted by atomic mass is 10.2. The van der Waals surface area contributed by atoms with Crippen molar-refractivity contribution in [2.75, 3.05) is 5.75 Å². The third-order valence-electron chi connectivity index (χ3n) is 4.30. The molecule has 0 saturated heterocycles. The van der Waals surface area contributed by atoms with Gasteiger partial charge in [0.05, 0.1) is 21.7 Å². The Bertz CT molecular complexity index is 1080. The van der Waals surface area contributed by atoms with Gasteiger partial charge in [0.2, 0.25) is 10.0 Å². The SMILES string of the molecule is Cc1ccc(S(=O)(=O)N[C@H](/C=C\c2ccccc2)CS(=O)c2ccccc2)cc1. The normalized spacial score (nSPS) is 14.0. The maximum Gasteiger partial charge on any atom is 0.241 e. The highest BCUT2D eigenvalue weighted by atomic mass is 32.2. The molecule has 0 radical (unpaired) electrons. The molecule has 0 fully saturated rings. The molecule has 3 rings (SSSR count). The monoisotopic (exact) mass is 425 g/mol. The first-order chi connectivity index (χ1) is 13.9.